The molecule has 19 heavy (non-hydrogen) atoms. The van der Waals surface area contributed by atoms with Crippen molar-refractivity contribution in [1.29, 1.82) is 0 Å². The van der Waals surface area contributed by atoms with Crippen LogP contribution in [0.1, 0.15) is 50.3 Å². The van der Waals surface area contributed by atoms with Crippen LogP contribution in [0.2, 0.25) is 0 Å². The van der Waals surface area contributed by atoms with E-state index in [9.17, 15) is 0 Å². The Morgan fingerprint density at radius 2 is 1.95 bits per heavy atom. The first-order valence-electron chi connectivity index (χ1n) is 7.77. The molecule has 0 bridgehead atoms. The Hall–Kier alpha value is -0.860. The van der Waals surface area contributed by atoms with Crippen molar-refractivity contribution >= 4 is 0 Å². The van der Waals surface area contributed by atoms with Crippen LogP contribution in [0.5, 0.6) is 0 Å². The molecule has 1 saturated heterocycles. The molecule has 4 atom stereocenters. The molecule has 0 radical (unpaired) electrons. The molecular weight excluding hydrogens is 232 g/mol. The van der Waals surface area contributed by atoms with Gasteiger partial charge in [-0.2, -0.15) is 0 Å². The smallest absolute Gasteiger partial charge is 0.0353 e. The SMILES string of the molecule is CC1C(N)CCN(C2CCCc3ccccc32)C1C. The maximum atomic E-state index is 6.23. The summed E-state index contributed by atoms with van der Waals surface area (Å²) in [5.41, 5.74) is 9.36. The quantitative estimate of drug-likeness (QED) is 0.838. The summed E-state index contributed by atoms with van der Waals surface area (Å²) >= 11 is 0. The molecule has 3 rings (SSSR count). The number of likely N-dealkylation sites (tertiary alicyclic amines) is 1. The number of benzene rings is 1. The zero-order valence-electron chi connectivity index (χ0n) is 12.2. The minimum Gasteiger partial charge on any atom is -0.327 e. The molecule has 2 N–H and O–H groups in total. The summed E-state index contributed by atoms with van der Waals surface area (Å²) < 4.78 is 0. The van der Waals surface area contributed by atoms with Crippen molar-refractivity contribution in [2.75, 3.05) is 6.54 Å². The molecule has 1 aliphatic carbocycles. The summed E-state index contributed by atoms with van der Waals surface area (Å²) in [5.74, 6) is 0.600. The topological polar surface area (TPSA) is 29.3 Å². The highest BCUT2D eigenvalue weighted by molar-refractivity contribution is 5.32. The highest BCUT2D eigenvalue weighted by Gasteiger charge is 2.36. The number of hydrogen-bond acceptors (Lipinski definition) is 2. The number of rotatable bonds is 1. The molecule has 104 valence electrons. The fourth-order valence-electron chi connectivity index (χ4n) is 3.94. The predicted molar refractivity (Wildman–Crippen MR) is 80.0 cm³/mol. The fraction of sp³-hybridized carbons (Fsp3) is 0.647. The van der Waals surface area contributed by atoms with Crippen molar-refractivity contribution in [2.45, 2.75) is 57.7 Å². The molecule has 1 fully saturated rings. The summed E-state index contributed by atoms with van der Waals surface area (Å²) in [7, 11) is 0. The summed E-state index contributed by atoms with van der Waals surface area (Å²) in [6.07, 6.45) is 5.03. The van der Waals surface area contributed by atoms with Gasteiger partial charge >= 0.3 is 0 Å². The zero-order chi connectivity index (χ0) is 13.4. The van der Waals surface area contributed by atoms with Crippen LogP contribution < -0.4 is 5.73 Å². The van der Waals surface area contributed by atoms with E-state index in [1.807, 2.05) is 0 Å². The van der Waals surface area contributed by atoms with Crippen molar-refractivity contribution in [2.24, 2.45) is 11.7 Å². The van der Waals surface area contributed by atoms with E-state index >= 15 is 0 Å². The minimum atomic E-state index is 0.380. The number of hydrogen-bond donors (Lipinski definition) is 1. The van der Waals surface area contributed by atoms with Crippen LogP contribution >= 0.6 is 0 Å². The van der Waals surface area contributed by atoms with E-state index in [0.29, 0.717) is 24.0 Å². The molecule has 2 aliphatic rings. The van der Waals surface area contributed by atoms with Crippen molar-refractivity contribution in [3.63, 3.8) is 0 Å². The Bertz CT molecular complexity index is 443. The molecular formula is C17H26N2. The molecule has 2 heteroatoms. The lowest BCUT2D eigenvalue weighted by molar-refractivity contribution is 0.0482. The van der Waals surface area contributed by atoms with Gasteiger partial charge in [0.15, 0.2) is 0 Å². The maximum absolute atomic E-state index is 6.23. The van der Waals surface area contributed by atoms with Gasteiger partial charge in [0, 0.05) is 24.7 Å². The normalized spacial score (nSPS) is 35.9. The van der Waals surface area contributed by atoms with Gasteiger partial charge in [-0.05, 0) is 49.7 Å². The first kappa shape index (κ1) is 13.1. The highest BCUT2D eigenvalue weighted by Crippen LogP contribution is 2.38. The van der Waals surface area contributed by atoms with E-state index in [1.165, 1.54) is 19.3 Å². The summed E-state index contributed by atoms with van der Waals surface area (Å²) in [5, 5.41) is 0. The van der Waals surface area contributed by atoms with Crippen LogP contribution in [0, 0.1) is 5.92 Å². The van der Waals surface area contributed by atoms with Gasteiger partial charge in [-0.1, -0.05) is 31.2 Å². The van der Waals surface area contributed by atoms with E-state index in [1.54, 1.807) is 11.1 Å². The monoisotopic (exact) mass is 258 g/mol. The average Bonchev–Trinajstić information content (AvgIpc) is 2.45. The second-order valence-corrected chi connectivity index (χ2v) is 6.40. The molecule has 0 spiro atoms. The second kappa shape index (κ2) is 5.26. The van der Waals surface area contributed by atoms with Gasteiger partial charge in [0.2, 0.25) is 0 Å². The van der Waals surface area contributed by atoms with Crippen LogP contribution in [0.15, 0.2) is 24.3 Å². The van der Waals surface area contributed by atoms with E-state index < -0.39 is 0 Å². The second-order valence-electron chi connectivity index (χ2n) is 6.40. The Kier molecular flexibility index (Phi) is 3.64. The predicted octanol–water partition coefficient (Wildman–Crippen LogP) is 3.12. The molecule has 1 aliphatic heterocycles. The van der Waals surface area contributed by atoms with Crippen LogP contribution in [-0.4, -0.2) is 23.5 Å². The van der Waals surface area contributed by atoms with E-state index in [-0.39, 0.29) is 0 Å². The van der Waals surface area contributed by atoms with Crippen LogP contribution in [0.25, 0.3) is 0 Å². The number of nitrogens with two attached hydrogens (primary N) is 1. The Morgan fingerprint density at radius 1 is 1.16 bits per heavy atom. The molecule has 0 amide bonds. The zero-order valence-corrected chi connectivity index (χ0v) is 12.2. The van der Waals surface area contributed by atoms with Gasteiger partial charge in [0.25, 0.3) is 0 Å². The maximum Gasteiger partial charge on any atom is 0.0353 e. The lowest BCUT2D eigenvalue weighted by atomic mass is 9.81. The van der Waals surface area contributed by atoms with Crippen molar-refractivity contribution < 1.29 is 0 Å². The van der Waals surface area contributed by atoms with E-state index in [4.69, 9.17) is 5.73 Å². The molecule has 0 saturated carbocycles. The minimum absolute atomic E-state index is 0.380. The Balaban J connectivity index is 1.87. The number of aryl methyl sites for hydroxylation is 1. The van der Waals surface area contributed by atoms with Gasteiger partial charge < -0.3 is 5.73 Å². The van der Waals surface area contributed by atoms with Crippen LogP contribution in [0.4, 0.5) is 0 Å². The van der Waals surface area contributed by atoms with Gasteiger partial charge in [-0.3, -0.25) is 4.90 Å². The third-order valence-corrected chi connectivity index (χ3v) is 5.42. The third-order valence-electron chi connectivity index (χ3n) is 5.42. The Labute approximate surface area is 117 Å². The summed E-state index contributed by atoms with van der Waals surface area (Å²) in [4.78, 5) is 2.71. The molecule has 0 aromatic heterocycles. The van der Waals surface area contributed by atoms with Gasteiger partial charge in [-0.15, -0.1) is 0 Å². The third kappa shape index (κ3) is 2.32. The Morgan fingerprint density at radius 3 is 2.79 bits per heavy atom. The summed E-state index contributed by atoms with van der Waals surface area (Å²) in [6, 6.07) is 10.6. The lowest BCUT2D eigenvalue weighted by Gasteiger charge is -2.47. The molecule has 2 nitrogen and oxygen atoms in total. The first-order valence-corrected chi connectivity index (χ1v) is 7.77. The molecule has 1 heterocycles. The molecule has 1 aromatic rings. The standard InChI is InChI=1S/C17H26N2/c1-12-13(2)19(11-10-16(12)18)17-9-5-7-14-6-3-4-8-15(14)17/h3-4,6,8,12-13,16-17H,5,7,9-11,18H2,1-2H3. The first-order chi connectivity index (χ1) is 9.18. The average molecular weight is 258 g/mol. The van der Waals surface area contributed by atoms with E-state index in [0.717, 1.165) is 13.0 Å². The van der Waals surface area contributed by atoms with Crippen molar-refractivity contribution in [3.8, 4) is 0 Å². The number of piperidine rings is 1. The fourth-order valence-corrected chi connectivity index (χ4v) is 3.94. The summed E-state index contributed by atoms with van der Waals surface area (Å²) in [6.45, 7) is 5.84. The van der Waals surface area contributed by atoms with Crippen LogP contribution in [-0.2, 0) is 6.42 Å². The number of nitrogens with zero attached hydrogens (tertiary/aromatic N) is 1. The molecule has 4 unspecified atom stereocenters. The largest absolute Gasteiger partial charge is 0.327 e. The van der Waals surface area contributed by atoms with Gasteiger partial charge in [0.1, 0.15) is 0 Å². The molecule has 1 aromatic carbocycles. The number of fused-ring (bicyclic) bond motifs is 1. The van der Waals surface area contributed by atoms with Gasteiger partial charge in [-0.25, -0.2) is 0 Å². The van der Waals surface area contributed by atoms with E-state index in [2.05, 4.69) is 43.0 Å². The van der Waals surface area contributed by atoms with Gasteiger partial charge in [0.05, 0.1) is 0 Å². The highest BCUT2D eigenvalue weighted by atomic mass is 15.2. The lowest BCUT2D eigenvalue weighted by Crippen LogP contribution is -2.53. The van der Waals surface area contributed by atoms with Crippen LogP contribution in [0.3, 0.4) is 0 Å². The van der Waals surface area contributed by atoms with Crippen molar-refractivity contribution in [3.05, 3.63) is 35.4 Å². The van der Waals surface area contributed by atoms with Crippen molar-refractivity contribution in [1.82, 2.24) is 4.90 Å².